The van der Waals surface area contributed by atoms with Crippen LogP contribution < -0.4 is 0 Å². The number of hydrogen-bond acceptors (Lipinski definition) is 2. The molecular weight excluding hydrogens is 391 g/mol. The molecule has 2 bridgehead atoms. The van der Waals surface area contributed by atoms with Gasteiger partial charge in [-0.1, -0.05) is 48.3 Å². The van der Waals surface area contributed by atoms with Crippen molar-refractivity contribution in [3.05, 3.63) is 57.6 Å². The highest BCUT2D eigenvalue weighted by Crippen LogP contribution is 2.59. The quantitative estimate of drug-likeness (QED) is 0.568. The Bertz CT molecular complexity index is 968. The van der Waals surface area contributed by atoms with Gasteiger partial charge in [-0.3, -0.25) is 9.59 Å². The van der Waals surface area contributed by atoms with Crippen molar-refractivity contribution >= 4 is 34.8 Å². The van der Waals surface area contributed by atoms with E-state index in [1.165, 1.54) is 0 Å². The standard InChI is InChI=1S/C24H22Cl2O2/c1-2-12-3-4-13(17-8-7-16(25)11-19(17)26)10-18(12)22-23(27)20-14-5-6-15(9-14)21(20)24(22)28/h3-4,7-8,10-11,14-15,20-22H,2,5-6,9H2,1H3/t14-,15+,20-,21+,22?. The largest absolute Gasteiger partial charge is 0.298 e. The maximum Gasteiger partial charge on any atom is 0.151 e. The third kappa shape index (κ3) is 2.61. The minimum atomic E-state index is -0.598. The number of rotatable bonds is 3. The molecule has 2 aromatic rings. The lowest BCUT2D eigenvalue weighted by Gasteiger charge is -2.21. The summed E-state index contributed by atoms with van der Waals surface area (Å²) < 4.78 is 0. The van der Waals surface area contributed by atoms with Gasteiger partial charge < -0.3 is 0 Å². The predicted octanol–water partition coefficient (Wildman–Crippen LogP) is 6.12. The molecule has 0 heterocycles. The van der Waals surface area contributed by atoms with Crippen molar-refractivity contribution in [1.29, 1.82) is 0 Å². The Morgan fingerprint density at radius 3 is 2.21 bits per heavy atom. The van der Waals surface area contributed by atoms with E-state index in [9.17, 15) is 9.59 Å². The van der Waals surface area contributed by atoms with Gasteiger partial charge in [0.05, 0.1) is 0 Å². The van der Waals surface area contributed by atoms with Crippen molar-refractivity contribution in [3.63, 3.8) is 0 Å². The minimum Gasteiger partial charge on any atom is -0.298 e. The summed E-state index contributed by atoms with van der Waals surface area (Å²) in [5, 5.41) is 1.16. The second-order valence-corrected chi connectivity index (χ2v) is 9.36. The summed E-state index contributed by atoms with van der Waals surface area (Å²) in [5.74, 6) is 0.505. The van der Waals surface area contributed by atoms with Crippen molar-refractivity contribution in [2.75, 3.05) is 0 Å². The fourth-order valence-corrected chi connectivity index (χ4v) is 6.54. The maximum atomic E-state index is 13.4. The Labute approximate surface area is 175 Å². The molecule has 0 radical (unpaired) electrons. The maximum absolute atomic E-state index is 13.4. The van der Waals surface area contributed by atoms with Gasteiger partial charge in [0.2, 0.25) is 0 Å². The van der Waals surface area contributed by atoms with Gasteiger partial charge in [-0.25, -0.2) is 0 Å². The van der Waals surface area contributed by atoms with Crippen LogP contribution in [0.2, 0.25) is 10.0 Å². The molecule has 2 aromatic carbocycles. The molecule has 0 spiro atoms. The van der Waals surface area contributed by atoms with Gasteiger partial charge >= 0.3 is 0 Å². The lowest BCUT2D eigenvalue weighted by atomic mass is 9.81. The van der Waals surface area contributed by atoms with Gasteiger partial charge in [-0.05, 0) is 72.4 Å². The summed E-state index contributed by atoms with van der Waals surface area (Å²) in [6, 6.07) is 11.5. The molecule has 0 saturated heterocycles. The van der Waals surface area contributed by atoms with E-state index in [1.54, 1.807) is 6.07 Å². The average Bonchev–Trinajstić information content (AvgIpc) is 3.35. The Balaban J connectivity index is 1.60. The van der Waals surface area contributed by atoms with Crippen LogP contribution in [-0.4, -0.2) is 11.6 Å². The number of hydrogen-bond donors (Lipinski definition) is 0. The molecule has 0 amide bonds. The lowest BCUT2D eigenvalue weighted by molar-refractivity contribution is -0.125. The third-order valence-electron chi connectivity index (χ3n) is 7.22. The number of fused-ring (bicyclic) bond motifs is 5. The molecule has 28 heavy (non-hydrogen) atoms. The van der Waals surface area contributed by atoms with E-state index in [4.69, 9.17) is 23.2 Å². The molecule has 0 N–H and O–H groups in total. The number of carbonyl (C=O) groups is 2. The zero-order valence-corrected chi connectivity index (χ0v) is 17.3. The van der Waals surface area contributed by atoms with Crippen LogP contribution in [0.25, 0.3) is 11.1 Å². The number of benzene rings is 2. The highest BCUT2D eigenvalue weighted by Gasteiger charge is 2.61. The van der Waals surface area contributed by atoms with Crippen molar-refractivity contribution in [2.45, 2.75) is 38.5 Å². The number of halogens is 2. The molecule has 3 aliphatic rings. The topological polar surface area (TPSA) is 34.1 Å². The third-order valence-corrected chi connectivity index (χ3v) is 7.77. The second kappa shape index (κ2) is 6.71. The van der Waals surface area contributed by atoms with E-state index in [1.807, 2.05) is 30.3 Å². The van der Waals surface area contributed by atoms with E-state index in [0.717, 1.165) is 47.9 Å². The Kier molecular flexibility index (Phi) is 4.41. The summed E-state index contributed by atoms with van der Waals surface area (Å²) in [6.07, 6.45) is 4.08. The van der Waals surface area contributed by atoms with E-state index in [-0.39, 0.29) is 23.4 Å². The fourth-order valence-electron chi connectivity index (χ4n) is 6.02. The van der Waals surface area contributed by atoms with Crippen molar-refractivity contribution in [1.82, 2.24) is 0 Å². The summed E-state index contributed by atoms with van der Waals surface area (Å²) >= 11 is 12.5. The zero-order valence-electron chi connectivity index (χ0n) is 15.8. The van der Waals surface area contributed by atoms with E-state index < -0.39 is 5.92 Å². The van der Waals surface area contributed by atoms with Crippen molar-refractivity contribution in [3.8, 4) is 11.1 Å². The molecule has 5 atom stereocenters. The lowest BCUT2D eigenvalue weighted by Crippen LogP contribution is -2.24. The summed E-state index contributed by atoms with van der Waals surface area (Å²) in [6.45, 7) is 2.07. The van der Waals surface area contributed by atoms with Crippen LogP contribution >= 0.6 is 23.2 Å². The predicted molar refractivity (Wildman–Crippen MR) is 112 cm³/mol. The molecule has 5 rings (SSSR count). The number of Topliss-reactive ketones (excluding diaryl/α,β-unsaturated/α-hetero) is 2. The Morgan fingerprint density at radius 2 is 1.61 bits per heavy atom. The summed E-state index contributed by atoms with van der Waals surface area (Å²) in [5.41, 5.74) is 3.75. The average molecular weight is 413 g/mol. The smallest absolute Gasteiger partial charge is 0.151 e. The monoisotopic (exact) mass is 412 g/mol. The molecule has 3 aliphatic carbocycles. The second-order valence-electron chi connectivity index (χ2n) is 8.51. The zero-order chi connectivity index (χ0) is 19.6. The first kappa shape index (κ1) is 18.4. The number of carbonyl (C=O) groups excluding carboxylic acids is 2. The van der Waals surface area contributed by atoms with Crippen LogP contribution in [0.1, 0.15) is 43.2 Å². The molecule has 4 heteroatoms. The van der Waals surface area contributed by atoms with Crippen LogP contribution in [0.15, 0.2) is 36.4 Å². The van der Waals surface area contributed by atoms with Gasteiger partial charge in [0.1, 0.15) is 5.92 Å². The van der Waals surface area contributed by atoms with Crippen molar-refractivity contribution < 1.29 is 9.59 Å². The van der Waals surface area contributed by atoms with Crippen LogP contribution in [0.3, 0.4) is 0 Å². The summed E-state index contributed by atoms with van der Waals surface area (Å²) in [4.78, 5) is 26.7. The molecular formula is C24H22Cl2O2. The van der Waals surface area contributed by atoms with Crippen LogP contribution in [0.5, 0.6) is 0 Å². The molecule has 3 saturated carbocycles. The molecule has 2 nitrogen and oxygen atoms in total. The van der Waals surface area contributed by atoms with Crippen LogP contribution in [0, 0.1) is 23.7 Å². The molecule has 0 aromatic heterocycles. The van der Waals surface area contributed by atoms with Gasteiger partial charge in [-0.15, -0.1) is 0 Å². The van der Waals surface area contributed by atoms with Crippen LogP contribution in [0.4, 0.5) is 0 Å². The normalized spacial score (nSPS) is 30.9. The molecule has 0 aliphatic heterocycles. The van der Waals surface area contributed by atoms with E-state index in [0.29, 0.717) is 21.9 Å². The minimum absolute atomic E-state index is 0.0382. The fraction of sp³-hybridized carbons (Fsp3) is 0.417. The first-order valence-electron chi connectivity index (χ1n) is 10.1. The van der Waals surface area contributed by atoms with Gasteiger partial charge in [0.15, 0.2) is 11.6 Å². The highest BCUT2D eigenvalue weighted by atomic mass is 35.5. The van der Waals surface area contributed by atoms with Crippen LogP contribution in [-0.2, 0) is 16.0 Å². The molecule has 144 valence electrons. The molecule has 1 unspecified atom stereocenters. The SMILES string of the molecule is CCc1ccc(-c2ccc(Cl)cc2Cl)cc1C1C(=O)[C@@H]2[C@@H]3CC[C@@H](C3)[C@@H]2C1=O. The first-order valence-corrected chi connectivity index (χ1v) is 10.9. The van der Waals surface area contributed by atoms with Gasteiger partial charge in [0.25, 0.3) is 0 Å². The molecule has 3 fully saturated rings. The van der Waals surface area contributed by atoms with E-state index >= 15 is 0 Å². The first-order chi connectivity index (χ1) is 13.5. The van der Waals surface area contributed by atoms with Gasteiger partial charge in [-0.2, -0.15) is 0 Å². The number of ketones is 2. The van der Waals surface area contributed by atoms with E-state index in [2.05, 4.69) is 6.92 Å². The Hall–Kier alpha value is -1.64. The summed E-state index contributed by atoms with van der Waals surface area (Å²) in [7, 11) is 0. The van der Waals surface area contributed by atoms with Crippen molar-refractivity contribution in [2.24, 2.45) is 23.7 Å². The van der Waals surface area contributed by atoms with Gasteiger partial charge in [0, 0.05) is 27.4 Å². The highest BCUT2D eigenvalue weighted by molar-refractivity contribution is 6.36. The number of aryl methyl sites for hydroxylation is 1. The Morgan fingerprint density at radius 1 is 0.929 bits per heavy atom.